The molecule has 0 atom stereocenters. The number of amides is 1. The van der Waals surface area contributed by atoms with Crippen molar-refractivity contribution in [1.82, 2.24) is 14.1 Å². The average molecular weight is 436 g/mol. The molecule has 2 aliphatic rings. The topological polar surface area (TPSA) is 70.2 Å². The lowest BCUT2D eigenvalue weighted by molar-refractivity contribution is 0.0664. The van der Waals surface area contributed by atoms with E-state index in [2.05, 4.69) is 11.9 Å². The first-order chi connectivity index (χ1) is 13.9. The fourth-order valence-electron chi connectivity index (χ4n) is 3.53. The fraction of sp³-hybridized carbons (Fsp3) is 0.450. The number of nitrogens with zero attached hydrogens (tertiary/aromatic N) is 3. The molecule has 0 saturated carbocycles. The fourth-order valence-corrected chi connectivity index (χ4v) is 6.39. The largest absolute Gasteiger partial charge is 0.379 e. The Morgan fingerprint density at radius 2 is 1.72 bits per heavy atom. The molecular weight excluding hydrogens is 410 g/mol. The van der Waals surface area contributed by atoms with E-state index in [4.69, 9.17) is 4.74 Å². The molecule has 0 spiro atoms. The van der Waals surface area contributed by atoms with Gasteiger partial charge in [0.25, 0.3) is 15.9 Å². The number of carbonyl (C=O) groups is 1. The van der Waals surface area contributed by atoms with Crippen LogP contribution in [0.1, 0.15) is 10.4 Å². The van der Waals surface area contributed by atoms with E-state index in [0.29, 0.717) is 36.1 Å². The Morgan fingerprint density at radius 3 is 2.45 bits per heavy atom. The standard InChI is InChI=1S/C20H25N3O4S2/c1-21-7-9-22(10-8-21)20(24)17-4-2-3-16(15-17)18-5-6-19(28-18)29(25,26)23-11-13-27-14-12-23/h2-6,15H,7-14H2,1H3. The van der Waals surface area contributed by atoms with Gasteiger partial charge in [0.15, 0.2) is 0 Å². The van der Waals surface area contributed by atoms with Gasteiger partial charge in [0.1, 0.15) is 4.21 Å². The first kappa shape index (κ1) is 20.5. The Morgan fingerprint density at radius 1 is 1.00 bits per heavy atom. The molecule has 0 radical (unpaired) electrons. The summed E-state index contributed by atoms with van der Waals surface area (Å²) in [6.45, 7) is 4.80. The highest BCUT2D eigenvalue weighted by Gasteiger charge is 2.28. The lowest BCUT2D eigenvalue weighted by atomic mass is 10.1. The molecule has 0 bridgehead atoms. The summed E-state index contributed by atoms with van der Waals surface area (Å²) in [6, 6.07) is 10.9. The summed E-state index contributed by atoms with van der Waals surface area (Å²) in [5.41, 5.74) is 1.50. The van der Waals surface area contributed by atoms with Crippen LogP contribution < -0.4 is 0 Å². The maximum atomic E-state index is 12.9. The molecule has 2 saturated heterocycles. The van der Waals surface area contributed by atoms with Crippen molar-refractivity contribution in [2.24, 2.45) is 0 Å². The van der Waals surface area contributed by atoms with E-state index in [1.165, 1.54) is 15.6 Å². The number of hydrogen-bond acceptors (Lipinski definition) is 6. The minimum Gasteiger partial charge on any atom is -0.379 e. The molecule has 1 amide bonds. The van der Waals surface area contributed by atoms with E-state index in [1.807, 2.05) is 35.2 Å². The van der Waals surface area contributed by atoms with Crippen LogP contribution in [0.15, 0.2) is 40.6 Å². The number of ether oxygens (including phenoxy) is 1. The second-order valence-electron chi connectivity index (χ2n) is 7.31. The van der Waals surface area contributed by atoms with Crippen LogP contribution in [0.3, 0.4) is 0 Å². The summed E-state index contributed by atoms with van der Waals surface area (Å²) < 4.78 is 32.8. The predicted octanol–water partition coefficient (Wildman–Crippen LogP) is 1.82. The van der Waals surface area contributed by atoms with Crippen LogP contribution >= 0.6 is 11.3 Å². The SMILES string of the molecule is CN1CCN(C(=O)c2cccc(-c3ccc(S(=O)(=O)N4CCOCC4)s3)c2)CC1. The van der Waals surface area contributed by atoms with Crippen molar-refractivity contribution in [2.45, 2.75) is 4.21 Å². The number of likely N-dealkylation sites (N-methyl/N-ethyl adjacent to an activating group) is 1. The smallest absolute Gasteiger partial charge is 0.253 e. The van der Waals surface area contributed by atoms with Crippen molar-refractivity contribution in [3.8, 4) is 10.4 Å². The molecule has 1 aromatic heterocycles. The molecule has 1 aromatic carbocycles. The van der Waals surface area contributed by atoms with Gasteiger partial charge in [-0.25, -0.2) is 8.42 Å². The third-order valence-electron chi connectivity index (χ3n) is 5.33. The Hall–Kier alpha value is -1.78. The highest BCUT2D eigenvalue weighted by molar-refractivity contribution is 7.91. The van der Waals surface area contributed by atoms with Crippen LogP contribution in [0, 0.1) is 0 Å². The van der Waals surface area contributed by atoms with Crippen LogP contribution in [-0.4, -0.2) is 88.0 Å². The number of thiophene rings is 1. The summed E-state index contributed by atoms with van der Waals surface area (Å²) in [5, 5.41) is 0. The second-order valence-corrected chi connectivity index (χ2v) is 10.6. The Kier molecular flexibility index (Phi) is 6.03. The Balaban J connectivity index is 1.54. The van der Waals surface area contributed by atoms with Gasteiger partial charge in [0.2, 0.25) is 0 Å². The van der Waals surface area contributed by atoms with Gasteiger partial charge in [-0.1, -0.05) is 12.1 Å². The van der Waals surface area contributed by atoms with Crippen LogP contribution in [0.25, 0.3) is 10.4 Å². The van der Waals surface area contributed by atoms with E-state index in [1.54, 1.807) is 6.07 Å². The third-order valence-corrected chi connectivity index (χ3v) is 8.83. The first-order valence-corrected chi connectivity index (χ1v) is 12.0. The number of carbonyl (C=O) groups excluding carboxylic acids is 1. The lowest BCUT2D eigenvalue weighted by Crippen LogP contribution is -2.47. The first-order valence-electron chi connectivity index (χ1n) is 9.71. The maximum Gasteiger partial charge on any atom is 0.253 e. The van der Waals surface area contributed by atoms with Crippen molar-refractivity contribution < 1.29 is 17.9 Å². The van der Waals surface area contributed by atoms with E-state index >= 15 is 0 Å². The highest BCUT2D eigenvalue weighted by Crippen LogP contribution is 2.33. The van der Waals surface area contributed by atoms with E-state index in [9.17, 15) is 13.2 Å². The van der Waals surface area contributed by atoms with Crippen molar-refractivity contribution in [3.05, 3.63) is 42.0 Å². The zero-order valence-electron chi connectivity index (χ0n) is 16.4. The van der Waals surface area contributed by atoms with Crippen LogP contribution in [-0.2, 0) is 14.8 Å². The molecule has 0 aliphatic carbocycles. The van der Waals surface area contributed by atoms with E-state index in [-0.39, 0.29) is 5.91 Å². The predicted molar refractivity (Wildman–Crippen MR) is 113 cm³/mol. The summed E-state index contributed by atoms with van der Waals surface area (Å²) in [6.07, 6.45) is 0. The monoisotopic (exact) mass is 435 g/mol. The molecule has 4 rings (SSSR count). The zero-order valence-corrected chi connectivity index (χ0v) is 18.0. The van der Waals surface area contributed by atoms with Gasteiger partial charge in [-0.15, -0.1) is 11.3 Å². The molecule has 0 N–H and O–H groups in total. The minimum absolute atomic E-state index is 0.0256. The van der Waals surface area contributed by atoms with Gasteiger partial charge in [-0.2, -0.15) is 4.31 Å². The normalized spacial score (nSPS) is 19.4. The molecule has 3 heterocycles. The van der Waals surface area contributed by atoms with Gasteiger partial charge < -0.3 is 14.5 Å². The van der Waals surface area contributed by atoms with Crippen LogP contribution in [0.2, 0.25) is 0 Å². The quantitative estimate of drug-likeness (QED) is 0.733. The Bertz CT molecular complexity index is 975. The Labute approximate surface area is 175 Å². The molecule has 2 fully saturated rings. The molecular formula is C20H25N3O4S2. The summed E-state index contributed by atoms with van der Waals surface area (Å²) in [5.74, 6) is 0.0256. The zero-order chi connectivity index (χ0) is 20.4. The summed E-state index contributed by atoms with van der Waals surface area (Å²) in [4.78, 5) is 17.8. The van der Waals surface area contributed by atoms with E-state index < -0.39 is 10.0 Å². The van der Waals surface area contributed by atoms with Crippen molar-refractivity contribution in [3.63, 3.8) is 0 Å². The number of benzene rings is 1. The maximum absolute atomic E-state index is 12.9. The highest BCUT2D eigenvalue weighted by atomic mass is 32.2. The molecule has 7 nitrogen and oxygen atoms in total. The number of hydrogen-bond donors (Lipinski definition) is 0. The average Bonchev–Trinajstić information content (AvgIpc) is 3.26. The van der Waals surface area contributed by atoms with Crippen molar-refractivity contribution in [1.29, 1.82) is 0 Å². The van der Waals surface area contributed by atoms with Gasteiger partial charge >= 0.3 is 0 Å². The molecule has 29 heavy (non-hydrogen) atoms. The molecule has 2 aliphatic heterocycles. The molecule has 2 aromatic rings. The number of rotatable bonds is 4. The van der Waals surface area contributed by atoms with Gasteiger partial charge in [0, 0.05) is 49.7 Å². The number of piperazine rings is 1. The van der Waals surface area contributed by atoms with Crippen LogP contribution in [0.4, 0.5) is 0 Å². The van der Waals surface area contributed by atoms with E-state index in [0.717, 1.165) is 36.6 Å². The van der Waals surface area contributed by atoms with Crippen molar-refractivity contribution in [2.75, 3.05) is 59.5 Å². The molecule has 156 valence electrons. The summed E-state index contributed by atoms with van der Waals surface area (Å²) in [7, 11) is -1.45. The minimum atomic E-state index is -3.51. The van der Waals surface area contributed by atoms with Crippen LogP contribution in [0.5, 0.6) is 0 Å². The van der Waals surface area contributed by atoms with Gasteiger partial charge in [-0.05, 0) is 36.9 Å². The third kappa shape index (κ3) is 4.39. The van der Waals surface area contributed by atoms with Crippen molar-refractivity contribution >= 4 is 27.3 Å². The molecule has 0 unspecified atom stereocenters. The van der Waals surface area contributed by atoms with Gasteiger partial charge in [-0.3, -0.25) is 4.79 Å². The molecule has 9 heteroatoms. The van der Waals surface area contributed by atoms with Gasteiger partial charge in [0.05, 0.1) is 13.2 Å². The number of morpholine rings is 1. The second kappa shape index (κ2) is 8.53. The lowest BCUT2D eigenvalue weighted by Gasteiger charge is -2.32. The number of sulfonamides is 1. The summed E-state index contributed by atoms with van der Waals surface area (Å²) >= 11 is 1.24.